The highest BCUT2D eigenvalue weighted by Crippen LogP contribution is 2.20. The molecule has 2 heterocycles. The van der Waals surface area contributed by atoms with Crippen LogP contribution in [0.3, 0.4) is 0 Å². The first-order valence-corrected chi connectivity index (χ1v) is 10.6. The van der Waals surface area contributed by atoms with Gasteiger partial charge >= 0.3 is 0 Å². The van der Waals surface area contributed by atoms with Crippen molar-refractivity contribution >= 4 is 28.3 Å². The topological polar surface area (TPSA) is 74.6 Å². The van der Waals surface area contributed by atoms with Gasteiger partial charge in [0.25, 0.3) is 5.56 Å². The van der Waals surface area contributed by atoms with Gasteiger partial charge in [-0.3, -0.25) is 14.4 Å². The van der Waals surface area contributed by atoms with Crippen molar-refractivity contribution in [1.29, 1.82) is 0 Å². The molecule has 2 aromatic carbocycles. The van der Waals surface area contributed by atoms with Crippen molar-refractivity contribution in [2.24, 2.45) is 0 Å². The third-order valence-corrected chi connectivity index (χ3v) is 5.79. The van der Waals surface area contributed by atoms with Crippen molar-refractivity contribution in [3.8, 4) is 0 Å². The zero-order chi connectivity index (χ0) is 22.7. The fourth-order valence-corrected chi connectivity index (χ4v) is 4.01. The number of hydrogen-bond donors (Lipinski definition) is 1. The molecule has 0 spiro atoms. The van der Waals surface area contributed by atoms with Crippen molar-refractivity contribution in [3.05, 3.63) is 76.5 Å². The van der Waals surface area contributed by atoms with Gasteiger partial charge in [-0.2, -0.15) is 0 Å². The molecule has 1 aliphatic rings. The Balaban J connectivity index is 1.31. The number of fused-ring (bicyclic) bond motifs is 1. The maximum atomic E-state index is 14.0. The Bertz CT molecular complexity index is 1220. The molecule has 1 fully saturated rings. The summed E-state index contributed by atoms with van der Waals surface area (Å²) in [7, 11) is 0. The van der Waals surface area contributed by atoms with E-state index >= 15 is 0 Å². The quantitative estimate of drug-likeness (QED) is 0.663. The second-order valence-corrected chi connectivity index (χ2v) is 7.86. The van der Waals surface area contributed by atoms with Crippen LogP contribution in [0.1, 0.15) is 5.69 Å². The molecule has 1 aliphatic heterocycles. The smallest absolute Gasteiger partial charge is 0.259 e. The van der Waals surface area contributed by atoms with E-state index < -0.39 is 5.91 Å². The molecule has 0 saturated carbocycles. The number of carbonyl (C=O) groups is 2. The summed E-state index contributed by atoms with van der Waals surface area (Å²) in [5, 5.41) is 4.00. The third kappa shape index (κ3) is 4.49. The van der Waals surface area contributed by atoms with Crippen molar-refractivity contribution in [2.45, 2.75) is 13.5 Å². The number of para-hydroxylation sites is 1. The summed E-state index contributed by atoms with van der Waals surface area (Å²) in [4.78, 5) is 41.2. The van der Waals surface area contributed by atoms with Crippen LogP contribution in [0.25, 0.3) is 10.8 Å². The number of rotatable bonds is 5. The van der Waals surface area contributed by atoms with E-state index in [1.807, 2.05) is 23.1 Å². The highest BCUT2D eigenvalue weighted by atomic mass is 19.1. The van der Waals surface area contributed by atoms with E-state index in [1.54, 1.807) is 42.2 Å². The molecule has 0 radical (unpaired) electrons. The molecular formula is C24H25FN4O3. The van der Waals surface area contributed by atoms with Gasteiger partial charge in [-0.25, -0.2) is 4.39 Å². The van der Waals surface area contributed by atoms with E-state index in [4.69, 9.17) is 0 Å². The van der Waals surface area contributed by atoms with Crippen LogP contribution in [-0.4, -0.2) is 54.0 Å². The maximum absolute atomic E-state index is 14.0. The number of piperazine rings is 1. The van der Waals surface area contributed by atoms with Gasteiger partial charge in [0.05, 0.1) is 12.2 Å². The number of amides is 2. The molecule has 4 rings (SSSR count). The molecule has 2 amide bonds. The molecular weight excluding hydrogens is 411 g/mol. The van der Waals surface area contributed by atoms with Crippen LogP contribution in [0.4, 0.5) is 10.1 Å². The SMILES string of the molecule is Cc1cc2ccccc2c(=O)n1CC(=O)NCC(=O)N1CCN(c2ccccc2F)CC1. The molecule has 1 aromatic heterocycles. The molecule has 1 saturated heterocycles. The maximum Gasteiger partial charge on any atom is 0.259 e. The Morgan fingerprint density at radius 1 is 1.00 bits per heavy atom. The molecule has 8 heteroatoms. The van der Waals surface area contributed by atoms with Crippen LogP contribution in [0.2, 0.25) is 0 Å². The van der Waals surface area contributed by atoms with Crippen LogP contribution >= 0.6 is 0 Å². The third-order valence-electron chi connectivity index (χ3n) is 5.79. The first-order valence-electron chi connectivity index (χ1n) is 10.6. The molecule has 7 nitrogen and oxygen atoms in total. The van der Waals surface area contributed by atoms with Gasteiger partial charge in [0.2, 0.25) is 11.8 Å². The average Bonchev–Trinajstić information content (AvgIpc) is 2.80. The molecule has 1 N–H and O–H groups in total. The zero-order valence-electron chi connectivity index (χ0n) is 17.9. The van der Waals surface area contributed by atoms with Crippen molar-refractivity contribution in [1.82, 2.24) is 14.8 Å². The van der Waals surface area contributed by atoms with Crippen molar-refractivity contribution in [2.75, 3.05) is 37.6 Å². The Morgan fingerprint density at radius 3 is 2.44 bits per heavy atom. The van der Waals surface area contributed by atoms with Crippen LogP contribution in [0.5, 0.6) is 0 Å². The lowest BCUT2D eigenvalue weighted by molar-refractivity contribution is -0.133. The fourth-order valence-electron chi connectivity index (χ4n) is 4.01. The number of pyridine rings is 1. The zero-order valence-corrected chi connectivity index (χ0v) is 17.9. The Hall–Kier alpha value is -3.68. The van der Waals surface area contributed by atoms with Gasteiger partial charge in [-0.1, -0.05) is 30.3 Å². The van der Waals surface area contributed by atoms with E-state index in [-0.39, 0.29) is 30.4 Å². The summed E-state index contributed by atoms with van der Waals surface area (Å²) >= 11 is 0. The van der Waals surface area contributed by atoms with Crippen molar-refractivity contribution in [3.63, 3.8) is 0 Å². The Labute approximate surface area is 185 Å². The van der Waals surface area contributed by atoms with Gasteiger partial charge in [0.15, 0.2) is 0 Å². The lowest BCUT2D eigenvalue weighted by atomic mass is 10.1. The minimum Gasteiger partial charge on any atom is -0.366 e. The summed E-state index contributed by atoms with van der Waals surface area (Å²) in [6, 6.07) is 15.7. The van der Waals surface area contributed by atoms with Gasteiger partial charge < -0.3 is 19.7 Å². The van der Waals surface area contributed by atoms with E-state index in [0.717, 1.165) is 5.39 Å². The summed E-state index contributed by atoms with van der Waals surface area (Å²) in [6.07, 6.45) is 0. The second-order valence-electron chi connectivity index (χ2n) is 7.86. The van der Waals surface area contributed by atoms with Gasteiger partial charge in [0, 0.05) is 37.3 Å². The van der Waals surface area contributed by atoms with E-state index in [2.05, 4.69) is 5.32 Å². The normalized spacial score (nSPS) is 13.9. The summed E-state index contributed by atoms with van der Waals surface area (Å²) in [5.41, 5.74) is 0.981. The predicted octanol–water partition coefficient (Wildman–Crippen LogP) is 1.91. The number of nitrogens with zero attached hydrogens (tertiary/aromatic N) is 3. The summed E-state index contributed by atoms with van der Waals surface area (Å²) < 4.78 is 15.4. The summed E-state index contributed by atoms with van der Waals surface area (Å²) in [6.45, 7) is 3.43. The number of anilines is 1. The van der Waals surface area contributed by atoms with Gasteiger partial charge in [-0.05, 0) is 36.6 Å². The van der Waals surface area contributed by atoms with Gasteiger partial charge in [0.1, 0.15) is 12.4 Å². The van der Waals surface area contributed by atoms with Crippen LogP contribution < -0.4 is 15.8 Å². The molecule has 0 unspecified atom stereocenters. The molecule has 0 bridgehead atoms. The standard InChI is InChI=1S/C24H25FN4O3/c1-17-14-18-6-2-3-7-19(18)24(32)29(17)16-22(30)26-15-23(31)28-12-10-27(11-13-28)21-9-5-4-8-20(21)25/h2-9,14H,10-13,15-16H2,1H3,(H,26,30). The monoisotopic (exact) mass is 436 g/mol. The average molecular weight is 436 g/mol. The fraction of sp³-hybridized carbons (Fsp3) is 0.292. The minimum absolute atomic E-state index is 0.139. The lowest BCUT2D eigenvalue weighted by Gasteiger charge is -2.36. The van der Waals surface area contributed by atoms with Crippen molar-refractivity contribution < 1.29 is 14.0 Å². The number of carbonyl (C=O) groups excluding carboxylic acids is 2. The number of nitrogens with one attached hydrogen (secondary N) is 1. The number of benzene rings is 2. The summed E-state index contributed by atoms with van der Waals surface area (Å²) in [5.74, 6) is -0.878. The van der Waals surface area contributed by atoms with Gasteiger partial charge in [-0.15, -0.1) is 0 Å². The first kappa shape index (κ1) is 21.5. The molecule has 0 atom stereocenters. The molecule has 32 heavy (non-hydrogen) atoms. The lowest BCUT2D eigenvalue weighted by Crippen LogP contribution is -2.51. The number of aryl methyl sites for hydroxylation is 1. The van der Waals surface area contributed by atoms with Crippen LogP contribution in [0.15, 0.2) is 59.4 Å². The molecule has 166 valence electrons. The number of halogens is 1. The van der Waals surface area contributed by atoms with Crippen LogP contribution in [-0.2, 0) is 16.1 Å². The Kier molecular flexibility index (Phi) is 6.20. The predicted molar refractivity (Wildman–Crippen MR) is 121 cm³/mol. The molecule has 0 aliphatic carbocycles. The highest BCUT2D eigenvalue weighted by Gasteiger charge is 2.23. The second kappa shape index (κ2) is 9.21. The first-order chi connectivity index (χ1) is 15.4. The largest absolute Gasteiger partial charge is 0.366 e. The number of aromatic nitrogens is 1. The Morgan fingerprint density at radius 2 is 1.69 bits per heavy atom. The van der Waals surface area contributed by atoms with E-state index in [1.165, 1.54) is 10.6 Å². The number of hydrogen-bond acceptors (Lipinski definition) is 4. The minimum atomic E-state index is -0.399. The molecule has 3 aromatic rings. The van der Waals surface area contributed by atoms with Crippen LogP contribution in [0, 0.1) is 12.7 Å². The van der Waals surface area contributed by atoms with E-state index in [0.29, 0.717) is 42.9 Å². The highest BCUT2D eigenvalue weighted by molar-refractivity contribution is 5.86. The van der Waals surface area contributed by atoms with E-state index in [9.17, 15) is 18.8 Å².